The van der Waals surface area contributed by atoms with Gasteiger partial charge in [-0.05, 0) is 0 Å². The Morgan fingerprint density at radius 3 is 1.91 bits per heavy atom. The van der Waals surface area contributed by atoms with E-state index in [0.717, 1.165) is 12.1 Å². The van der Waals surface area contributed by atoms with E-state index in [0.29, 0.717) is 0 Å². The first-order valence-electron chi connectivity index (χ1n) is 2.86. The highest BCUT2D eigenvalue weighted by Crippen LogP contribution is 2.35. The second kappa shape index (κ2) is 2.55. The number of hydrogen-bond donors (Lipinski definition) is 5. The highest BCUT2D eigenvalue weighted by Gasteiger charge is 2.06. The molecule has 0 unspecified atom stereocenters. The Labute approximate surface area is 62.7 Å². The Hall–Kier alpha value is -1.62. The molecule has 0 saturated heterocycles. The summed E-state index contributed by atoms with van der Waals surface area (Å²) in [5.74, 6) is 4.12. The normalized spacial score (nSPS) is 9.55. The highest BCUT2D eigenvalue weighted by molar-refractivity contribution is 5.66. The summed E-state index contributed by atoms with van der Waals surface area (Å²) in [4.78, 5) is 0. The third-order valence-corrected chi connectivity index (χ3v) is 1.23. The van der Waals surface area contributed by atoms with Gasteiger partial charge in [0.25, 0.3) is 0 Å². The molecule has 1 aromatic rings. The maximum absolute atomic E-state index is 9.01. The number of aromatic hydroxyl groups is 3. The molecule has 0 radical (unpaired) electrons. The molecule has 1 rings (SSSR count). The third-order valence-electron chi connectivity index (χ3n) is 1.23. The molecule has 11 heavy (non-hydrogen) atoms. The van der Waals surface area contributed by atoms with Crippen LogP contribution in [0.1, 0.15) is 0 Å². The van der Waals surface area contributed by atoms with E-state index >= 15 is 0 Å². The van der Waals surface area contributed by atoms with E-state index in [4.69, 9.17) is 21.2 Å². The summed E-state index contributed by atoms with van der Waals surface area (Å²) >= 11 is 0. The highest BCUT2D eigenvalue weighted by atomic mass is 16.3. The predicted octanol–water partition coefficient (Wildman–Crippen LogP) is 0.0890. The van der Waals surface area contributed by atoms with Crippen LogP contribution >= 0.6 is 0 Å². The van der Waals surface area contributed by atoms with Gasteiger partial charge < -0.3 is 20.7 Å². The molecule has 0 aliphatic heterocycles. The van der Waals surface area contributed by atoms with Crippen molar-refractivity contribution in [2.75, 3.05) is 5.43 Å². The Balaban J connectivity index is 3.25. The molecule has 0 amide bonds. The van der Waals surface area contributed by atoms with E-state index in [-0.39, 0.29) is 22.9 Å². The molecule has 1 aromatic carbocycles. The quantitative estimate of drug-likeness (QED) is 0.172. The molecule has 60 valence electrons. The lowest BCUT2D eigenvalue weighted by atomic mass is 10.2. The van der Waals surface area contributed by atoms with E-state index in [1.54, 1.807) is 0 Å². The molecule has 5 heteroatoms. The van der Waals surface area contributed by atoms with Crippen LogP contribution in [-0.2, 0) is 0 Å². The van der Waals surface area contributed by atoms with Crippen LogP contribution in [0.15, 0.2) is 12.1 Å². The van der Waals surface area contributed by atoms with Gasteiger partial charge in [0.2, 0.25) is 0 Å². The molecule has 0 aliphatic rings. The predicted molar refractivity (Wildman–Crippen MR) is 39.2 cm³/mol. The van der Waals surface area contributed by atoms with Crippen molar-refractivity contribution in [2.45, 2.75) is 0 Å². The summed E-state index contributed by atoms with van der Waals surface area (Å²) in [6, 6.07) is 2.13. The van der Waals surface area contributed by atoms with Gasteiger partial charge in [-0.15, -0.1) is 0 Å². The second-order valence-electron chi connectivity index (χ2n) is 2.00. The van der Waals surface area contributed by atoms with Crippen LogP contribution in [0.5, 0.6) is 17.2 Å². The van der Waals surface area contributed by atoms with E-state index in [1.807, 2.05) is 0 Å². The summed E-state index contributed by atoms with van der Waals surface area (Å²) < 4.78 is 0. The van der Waals surface area contributed by atoms with Crippen molar-refractivity contribution in [1.82, 2.24) is 0 Å². The molecule has 0 fully saturated rings. The lowest BCUT2D eigenvalue weighted by Crippen LogP contribution is -2.06. The van der Waals surface area contributed by atoms with Crippen LogP contribution < -0.4 is 11.3 Å². The van der Waals surface area contributed by atoms with E-state index in [1.165, 1.54) is 0 Å². The first-order valence-corrected chi connectivity index (χ1v) is 2.86. The van der Waals surface area contributed by atoms with Crippen LogP contribution in [0.25, 0.3) is 0 Å². The smallest absolute Gasteiger partial charge is 0.147 e. The summed E-state index contributed by atoms with van der Waals surface area (Å²) in [5.41, 5.74) is 2.07. The fraction of sp³-hybridized carbons (Fsp3) is 0. The van der Waals surface area contributed by atoms with Crippen molar-refractivity contribution in [3.05, 3.63) is 12.1 Å². The molecule has 0 heterocycles. The summed E-state index contributed by atoms with van der Waals surface area (Å²) in [5, 5.41) is 26.8. The number of hydrazine groups is 1. The zero-order chi connectivity index (χ0) is 8.43. The van der Waals surface area contributed by atoms with Gasteiger partial charge in [-0.2, -0.15) is 0 Å². The van der Waals surface area contributed by atoms with Crippen molar-refractivity contribution in [3.63, 3.8) is 0 Å². The number of phenols is 3. The first-order chi connectivity index (χ1) is 5.15. The third kappa shape index (κ3) is 1.27. The van der Waals surface area contributed by atoms with E-state index in [9.17, 15) is 0 Å². The summed E-state index contributed by atoms with van der Waals surface area (Å²) in [6.45, 7) is 0. The molecule has 0 spiro atoms. The number of nitrogens with two attached hydrogens (primary N) is 1. The molecule has 0 aliphatic carbocycles. The maximum Gasteiger partial charge on any atom is 0.147 e. The topological polar surface area (TPSA) is 98.7 Å². The largest absolute Gasteiger partial charge is 0.508 e. The first kappa shape index (κ1) is 7.49. The van der Waals surface area contributed by atoms with Gasteiger partial charge in [0.1, 0.15) is 22.9 Å². The van der Waals surface area contributed by atoms with Gasteiger partial charge in [0.15, 0.2) is 0 Å². The zero-order valence-electron chi connectivity index (χ0n) is 5.57. The second-order valence-corrected chi connectivity index (χ2v) is 2.00. The van der Waals surface area contributed by atoms with Crippen molar-refractivity contribution < 1.29 is 15.3 Å². The molecule has 5 nitrogen and oxygen atoms in total. The Kier molecular flexibility index (Phi) is 1.74. The average molecular weight is 156 g/mol. The van der Waals surface area contributed by atoms with Crippen molar-refractivity contribution in [3.8, 4) is 17.2 Å². The van der Waals surface area contributed by atoms with Gasteiger partial charge in [-0.25, -0.2) is 0 Å². The molecule has 0 aromatic heterocycles. The Bertz CT molecular complexity index is 252. The minimum atomic E-state index is -0.301. The summed E-state index contributed by atoms with van der Waals surface area (Å²) in [7, 11) is 0. The van der Waals surface area contributed by atoms with Crippen LogP contribution in [0, 0.1) is 0 Å². The van der Waals surface area contributed by atoms with Crippen LogP contribution in [0.2, 0.25) is 0 Å². The molecule has 6 N–H and O–H groups in total. The Morgan fingerprint density at radius 1 is 1.09 bits per heavy atom. The number of nitrogen functional groups attached to an aromatic ring is 1. The SMILES string of the molecule is NNc1c(O)cc(O)cc1O. The van der Waals surface area contributed by atoms with Crippen LogP contribution in [0.4, 0.5) is 5.69 Å². The maximum atomic E-state index is 9.01. The van der Waals surface area contributed by atoms with Crippen molar-refractivity contribution in [1.29, 1.82) is 0 Å². The standard InChI is InChI=1S/C6H8N2O3/c7-8-6-4(10)1-3(9)2-5(6)11/h1-2,8-11H,7H2. The number of phenolic OH excluding ortho intramolecular Hbond substituents is 3. The van der Waals surface area contributed by atoms with Gasteiger partial charge in [0, 0.05) is 12.1 Å². The van der Waals surface area contributed by atoms with Crippen LogP contribution in [0.3, 0.4) is 0 Å². The number of anilines is 1. The lowest BCUT2D eigenvalue weighted by molar-refractivity contribution is 0.430. The average Bonchev–Trinajstić information content (AvgIpc) is 1.85. The van der Waals surface area contributed by atoms with Crippen molar-refractivity contribution >= 4 is 5.69 Å². The zero-order valence-corrected chi connectivity index (χ0v) is 5.57. The molecule has 0 bridgehead atoms. The summed E-state index contributed by atoms with van der Waals surface area (Å²) in [6.07, 6.45) is 0. The van der Waals surface area contributed by atoms with Crippen molar-refractivity contribution in [2.24, 2.45) is 5.84 Å². The monoisotopic (exact) mass is 156 g/mol. The number of hydrogen-bond acceptors (Lipinski definition) is 5. The number of benzene rings is 1. The molecular weight excluding hydrogens is 148 g/mol. The molecular formula is C6H8N2O3. The fourth-order valence-corrected chi connectivity index (χ4v) is 0.745. The minimum absolute atomic E-state index is 0.0113. The van der Waals surface area contributed by atoms with Gasteiger partial charge in [0.05, 0.1) is 0 Å². The molecule has 0 atom stereocenters. The van der Waals surface area contributed by atoms with E-state index in [2.05, 4.69) is 5.43 Å². The number of rotatable bonds is 1. The van der Waals surface area contributed by atoms with E-state index < -0.39 is 0 Å². The van der Waals surface area contributed by atoms with Gasteiger partial charge in [-0.1, -0.05) is 0 Å². The van der Waals surface area contributed by atoms with Gasteiger partial charge in [-0.3, -0.25) is 5.84 Å². The van der Waals surface area contributed by atoms with Crippen LogP contribution in [-0.4, -0.2) is 15.3 Å². The number of nitrogens with one attached hydrogen (secondary N) is 1. The fourth-order valence-electron chi connectivity index (χ4n) is 0.745. The van der Waals surface area contributed by atoms with Gasteiger partial charge >= 0.3 is 0 Å². The molecule has 0 saturated carbocycles. The lowest BCUT2D eigenvalue weighted by Gasteiger charge is -2.05. The minimum Gasteiger partial charge on any atom is -0.508 e. The Morgan fingerprint density at radius 2 is 1.55 bits per heavy atom.